The maximum Gasteiger partial charge on any atom is 0.262 e. The van der Waals surface area contributed by atoms with Gasteiger partial charge in [-0.15, -0.1) is 0 Å². The van der Waals surface area contributed by atoms with E-state index >= 15 is 0 Å². The second-order valence-corrected chi connectivity index (χ2v) is 6.41. The second kappa shape index (κ2) is 5.60. The van der Waals surface area contributed by atoms with Crippen molar-refractivity contribution in [3.05, 3.63) is 59.7 Å². The lowest BCUT2D eigenvalue weighted by Crippen LogP contribution is -2.15. The zero-order valence-corrected chi connectivity index (χ0v) is 12.5. The Morgan fingerprint density at radius 2 is 1.80 bits per heavy atom. The van der Waals surface area contributed by atoms with E-state index in [4.69, 9.17) is 18.0 Å². The molecule has 6 heteroatoms. The predicted octanol–water partition coefficient (Wildman–Crippen LogP) is 2.43. The lowest BCUT2D eigenvalue weighted by molar-refractivity contribution is 0.600. The molecule has 0 aliphatic rings. The Bertz CT molecular complexity index is 741. The van der Waals surface area contributed by atoms with Gasteiger partial charge in [0.05, 0.1) is 4.90 Å². The van der Waals surface area contributed by atoms with Gasteiger partial charge in [-0.05, 0) is 36.8 Å². The van der Waals surface area contributed by atoms with Crippen molar-refractivity contribution in [3.8, 4) is 0 Å². The summed E-state index contributed by atoms with van der Waals surface area (Å²) in [6.45, 7) is 1.71. The topological polar surface area (TPSA) is 72.2 Å². The van der Waals surface area contributed by atoms with E-state index in [9.17, 15) is 8.42 Å². The minimum Gasteiger partial charge on any atom is -0.389 e. The van der Waals surface area contributed by atoms with Crippen LogP contribution in [-0.4, -0.2) is 13.4 Å². The summed E-state index contributed by atoms with van der Waals surface area (Å²) in [5, 5.41) is 0. The number of sulfonamides is 1. The molecule has 0 atom stereocenters. The zero-order chi connectivity index (χ0) is 14.8. The molecule has 0 aliphatic heterocycles. The van der Waals surface area contributed by atoms with Gasteiger partial charge in [0.15, 0.2) is 0 Å². The van der Waals surface area contributed by atoms with Gasteiger partial charge in [0.25, 0.3) is 10.0 Å². The maximum absolute atomic E-state index is 12.3. The highest BCUT2D eigenvalue weighted by atomic mass is 32.2. The molecule has 0 radical (unpaired) electrons. The van der Waals surface area contributed by atoms with Crippen LogP contribution in [0, 0.1) is 6.92 Å². The van der Waals surface area contributed by atoms with Gasteiger partial charge < -0.3 is 5.73 Å². The fourth-order valence-corrected chi connectivity index (χ4v) is 3.23. The van der Waals surface area contributed by atoms with E-state index in [2.05, 4.69) is 4.72 Å². The number of thiocarbonyl (C=S) groups is 1. The molecule has 0 saturated heterocycles. The van der Waals surface area contributed by atoms with Crippen molar-refractivity contribution in [1.82, 2.24) is 0 Å². The number of para-hydroxylation sites is 1. The molecule has 20 heavy (non-hydrogen) atoms. The quantitative estimate of drug-likeness (QED) is 0.851. The monoisotopic (exact) mass is 306 g/mol. The Hall–Kier alpha value is -1.92. The van der Waals surface area contributed by atoms with Crippen LogP contribution in [0.25, 0.3) is 0 Å². The van der Waals surface area contributed by atoms with E-state index in [0.717, 1.165) is 0 Å². The fourth-order valence-electron chi connectivity index (χ4n) is 1.82. The van der Waals surface area contributed by atoms with E-state index in [1.807, 2.05) is 6.07 Å². The van der Waals surface area contributed by atoms with Crippen molar-refractivity contribution < 1.29 is 8.42 Å². The van der Waals surface area contributed by atoms with Crippen LogP contribution in [0.1, 0.15) is 11.1 Å². The Balaban J connectivity index is 2.37. The Morgan fingerprint density at radius 1 is 1.15 bits per heavy atom. The molecule has 0 aliphatic carbocycles. The summed E-state index contributed by atoms with van der Waals surface area (Å²) >= 11 is 4.88. The van der Waals surface area contributed by atoms with E-state index in [-0.39, 0.29) is 9.88 Å². The summed E-state index contributed by atoms with van der Waals surface area (Å²) in [6.07, 6.45) is 0. The average molecular weight is 306 g/mol. The Kier molecular flexibility index (Phi) is 4.06. The molecule has 3 N–H and O–H groups in total. The zero-order valence-electron chi connectivity index (χ0n) is 10.8. The highest BCUT2D eigenvalue weighted by Gasteiger charge is 2.17. The van der Waals surface area contributed by atoms with Crippen molar-refractivity contribution >= 4 is 32.9 Å². The number of hydrogen-bond donors (Lipinski definition) is 2. The normalized spacial score (nSPS) is 11.1. The highest BCUT2D eigenvalue weighted by Crippen LogP contribution is 2.20. The molecule has 0 spiro atoms. The first-order valence-corrected chi connectivity index (χ1v) is 7.77. The lowest BCUT2D eigenvalue weighted by Gasteiger charge is -2.11. The first kappa shape index (κ1) is 14.5. The van der Waals surface area contributed by atoms with Crippen molar-refractivity contribution in [1.29, 1.82) is 0 Å². The molecule has 2 rings (SSSR count). The van der Waals surface area contributed by atoms with E-state index in [0.29, 0.717) is 16.8 Å². The minimum absolute atomic E-state index is 0.210. The summed E-state index contributed by atoms with van der Waals surface area (Å²) in [6, 6.07) is 13.5. The molecule has 0 fully saturated rings. The number of anilines is 1. The van der Waals surface area contributed by atoms with Crippen LogP contribution in [-0.2, 0) is 10.0 Å². The SMILES string of the molecule is Cc1cc(C(N)=S)ccc1S(=O)(=O)Nc1ccccc1. The van der Waals surface area contributed by atoms with Gasteiger partial charge in [0.2, 0.25) is 0 Å². The van der Waals surface area contributed by atoms with Crippen LogP contribution in [0.15, 0.2) is 53.4 Å². The number of rotatable bonds is 4. The van der Waals surface area contributed by atoms with Crippen LogP contribution < -0.4 is 10.5 Å². The van der Waals surface area contributed by atoms with Gasteiger partial charge in [0.1, 0.15) is 4.99 Å². The van der Waals surface area contributed by atoms with Crippen molar-refractivity contribution in [2.75, 3.05) is 4.72 Å². The van der Waals surface area contributed by atoms with Crippen LogP contribution in [0.5, 0.6) is 0 Å². The maximum atomic E-state index is 12.3. The van der Waals surface area contributed by atoms with Gasteiger partial charge in [0, 0.05) is 11.3 Å². The molecule has 0 saturated carbocycles. The number of nitrogens with one attached hydrogen (secondary N) is 1. The molecule has 0 bridgehead atoms. The molecule has 0 amide bonds. The van der Waals surface area contributed by atoms with Crippen LogP contribution in [0.4, 0.5) is 5.69 Å². The Labute approximate surface area is 123 Å². The molecular formula is C14H14N2O2S2. The number of nitrogens with two attached hydrogens (primary N) is 1. The molecule has 0 aromatic heterocycles. The van der Waals surface area contributed by atoms with E-state index in [1.165, 1.54) is 6.07 Å². The summed E-state index contributed by atoms with van der Waals surface area (Å²) in [7, 11) is -3.62. The third-order valence-corrected chi connectivity index (χ3v) is 4.55. The first-order chi connectivity index (χ1) is 9.40. The van der Waals surface area contributed by atoms with Crippen LogP contribution in [0.3, 0.4) is 0 Å². The fraction of sp³-hybridized carbons (Fsp3) is 0.0714. The summed E-state index contributed by atoms with van der Waals surface area (Å²) in [5.41, 5.74) is 7.30. The second-order valence-electron chi connectivity index (χ2n) is 4.32. The van der Waals surface area contributed by atoms with Gasteiger partial charge in [-0.2, -0.15) is 0 Å². The largest absolute Gasteiger partial charge is 0.389 e. The Morgan fingerprint density at radius 3 is 2.35 bits per heavy atom. The third-order valence-electron chi connectivity index (χ3n) is 2.77. The molecule has 2 aromatic rings. The van der Waals surface area contributed by atoms with Gasteiger partial charge >= 0.3 is 0 Å². The third kappa shape index (κ3) is 3.15. The number of benzene rings is 2. The smallest absolute Gasteiger partial charge is 0.262 e. The molecule has 0 heterocycles. The van der Waals surface area contributed by atoms with Crippen molar-refractivity contribution in [2.45, 2.75) is 11.8 Å². The molecule has 4 nitrogen and oxygen atoms in total. The average Bonchev–Trinajstić information content (AvgIpc) is 2.38. The first-order valence-electron chi connectivity index (χ1n) is 5.88. The molecule has 2 aromatic carbocycles. The van der Waals surface area contributed by atoms with Crippen LogP contribution >= 0.6 is 12.2 Å². The van der Waals surface area contributed by atoms with Crippen molar-refractivity contribution in [3.63, 3.8) is 0 Å². The molecular weight excluding hydrogens is 292 g/mol. The molecule has 104 valence electrons. The van der Waals surface area contributed by atoms with E-state index < -0.39 is 10.0 Å². The molecule has 0 unspecified atom stereocenters. The van der Waals surface area contributed by atoms with Gasteiger partial charge in [-0.1, -0.05) is 36.5 Å². The van der Waals surface area contributed by atoms with Crippen LogP contribution in [0.2, 0.25) is 0 Å². The highest BCUT2D eigenvalue weighted by molar-refractivity contribution is 7.92. The summed E-state index contributed by atoms with van der Waals surface area (Å²) in [5.74, 6) is 0. The van der Waals surface area contributed by atoms with Gasteiger partial charge in [-0.25, -0.2) is 8.42 Å². The summed E-state index contributed by atoms with van der Waals surface area (Å²) < 4.78 is 27.2. The standard InChI is InChI=1S/C14H14N2O2S2/c1-10-9-11(14(15)19)7-8-13(10)20(17,18)16-12-5-3-2-4-6-12/h2-9,16H,1H3,(H2,15,19). The minimum atomic E-state index is -3.62. The summed E-state index contributed by atoms with van der Waals surface area (Å²) in [4.78, 5) is 0.453. The predicted molar refractivity (Wildman–Crippen MR) is 84.3 cm³/mol. The number of hydrogen-bond acceptors (Lipinski definition) is 3. The lowest BCUT2D eigenvalue weighted by atomic mass is 10.1. The number of aryl methyl sites for hydroxylation is 1. The van der Waals surface area contributed by atoms with E-state index in [1.54, 1.807) is 43.3 Å². The van der Waals surface area contributed by atoms with Gasteiger partial charge in [-0.3, -0.25) is 4.72 Å². The van der Waals surface area contributed by atoms with Crippen molar-refractivity contribution in [2.24, 2.45) is 5.73 Å².